The van der Waals surface area contributed by atoms with E-state index in [9.17, 15) is 4.79 Å². The lowest BCUT2D eigenvalue weighted by atomic mass is 10.0. The van der Waals surface area contributed by atoms with E-state index in [1.165, 1.54) is 16.0 Å². The van der Waals surface area contributed by atoms with E-state index in [0.717, 1.165) is 6.54 Å². The fourth-order valence-corrected chi connectivity index (χ4v) is 2.97. The van der Waals surface area contributed by atoms with Gasteiger partial charge in [-0.3, -0.25) is 9.69 Å². The van der Waals surface area contributed by atoms with Gasteiger partial charge in [0.2, 0.25) is 5.91 Å². The van der Waals surface area contributed by atoms with Crippen LogP contribution in [-0.2, 0) is 11.3 Å². The monoisotopic (exact) mass is 342 g/mol. The molecule has 0 aromatic heterocycles. The highest BCUT2D eigenvalue weighted by Crippen LogP contribution is 2.15. The van der Waals surface area contributed by atoms with Gasteiger partial charge in [-0.2, -0.15) is 0 Å². The summed E-state index contributed by atoms with van der Waals surface area (Å²) in [5, 5.41) is 3.03. The highest BCUT2D eigenvalue weighted by atomic mass is 32.2. The maximum Gasteiger partial charge on any atom is 0.234 e. The van der Waals surface area contributed by atoms with Gasteiger partial charge in [-0.05, 0) is 42.5 Å². The number of rotatable bonds is 8. The van der Waals surface area contributed by atoms with Crippen LogP contribution in [0.5, 0.6) is 0 Å². The number of benzene rings is 2. The Balaban J connectivity index is 1.74. The highest BCUT2D eigenvalue weighted by molar-refractivity contribution is 7.98. The number of likely N-dealkylation sites (N-methyl/N-ethyl adjacent to an activating group) is 1. The van der Waals surface area contributed by atoms with Gasteiger partial charge in [0.1, 0.15) is 0 Å². The molecule has 2 rings (SSSR count). The molecule has 0 unspecified atom stereocenters. The van der Waals surface area contributed by atoms with Gasteiger partial charge in [-0.25, -0.2) is 0 Å². The van der Waals surface area contributed by atoms with Crippen molar-refractivity contribution in [2.24, 2.45) is 0 Å². The number of hydrogen-bond acceptors (Lipinski definition) is 3. The van der Waals surface area contributed by atoms with Crippen molar-refractivity contribution in [3.05, 3.63) is 65.7 Å². The van der Waals surface area contributed by atoms with Gasteiger partial charge in [0, 0.05) is 18.0 Å². The molecule has 0 fully saturated rings. The fourth-order valence-electron chi connectivity index (χ4n) is 2.57. The molecule has 1 atom stereocenters. The molecule has 0 aliphatic carbocycles. The second-order valence-corrected chi connectivity index (χ2v) is 7.02. The number of carbonyl (C=O) groups excluding carboxylic acids is 1. The maximum atomic E-state index is 12.1. The van der Waals surface area contributed by atoms with Gasteiger partial charge in [0.15, 0.2) is 0 Å². The van der Waals surface area contributed by atoms with Crippen molar-refractivity contribution in [2.45, 2.75) is 24.3 Å². The molecule has 0 bridgehead atoms. The lowest BCUT2D eigenvalue weighted by Crippen LogP contribution is -2.36. The van der Waals surface area contributed by atoms with Gasteiger partial charge in [0.25, 0.3) is 0 Å². The summed E-state index contributed by atoms with van der Waals surface area (Å²) in [5.74, 6) is 0.389. The van der Waals surface area contributed by atoms with E-state index >= 15 is 0 Å². The molecule has 0 aliphatic heterocycles. The van der Waals surface area contributed by atoms with E-state index in [2.05, 4.69) is 54.9 Å². The van der Waals surface area contributed by atoms with Gasteiger partial charge in [-0.15, -0.1) is 11.8 Å². The van der Waals surface area contributed by atoms with Crippen molar-refractivity contribution >= 4 is 17.7 Å². The summed E-state index contributed by atoms with van der Waals surface area (Å²) in [7, 11) is 1.97. The van der Waals surface area contributed by atoms with Crippen LogP contribution >= 0.6 is 11.8 Å². The van der Waals surface area contributed by atoms with Crippen molar-refractivity contribution in [3.8, 4) is 0 Å². The normalized spacial score (nSPS) is 12.2. The zero-order valence-corrected chi connectivity index (χ0v) is 15.5. The minimum absolute atomic E-state index is 0.0704. The van der Waals surface area contributed by atoms with Crippen molar-refractivity contribution in [3.63, 3.8) is 0 Å². The topological polar surface area (TPSA) is 32.3 Å². The Hall–Kier alpha value is -1.78. The summed E-state index contributed by atoms with van der Waals surface area (Å²) in [6.07, 6.45) is 2.07. The maximum absolute atomic E-state index is 12.1. The van der Waals surface area contributed by atoms with Crippen molar-refractivity contribution in [1.82, 2.24) is 10.2 Å². The molecule has 0 saturated carbocycles. The zero-order chi connectivity index (χ0) is 17.4. The Morgan fingerprint density at radius 2 is 1.79 bits per heavy atom. The molecule has 1 N–H and O–H groups in total. The number of thioether (sulfide) groups is 1. The number of nitrogens with zero attached hydrogens (tertiary/aromatic N) is 1. The number of carbonyl (C=O) groups is 1. The smallest absolute Gasteiger partial charge is 0.234 e. The highest BCUT2D eigenvalue weighted by Gasteiger charge is 2.10. The van der Waals surface area contributed by atoms with Crippen LogP contribution in [0.3, 0.4) is 0 Å². The van der Waals surface area contributed by atoms with E-state index in [1.807, 2.05) is 30.1 Å². The molecule has 3 nitrogen and oxygen atoms in total. The second-order valence-electron chi connectivity index (χ2n) is 6.14. The van der Waals surface area contributed by atoms with Crippen LogP contribution in [0.4, 0.5) is 0 Å². The molecule has 0 spiro atoms. The molecule has 1 amide bonds. The summed E-state index contributed by atoms with van der Waals surface area (Å²) in [6, 6.07) is 18.8. The molecule has 0 aliphatic rings. The average Bonchev–Trinajstić information content (AvgIpc) is 2.61. The summed E-state index contributed by atoms with van der Waals surface area (Å²) in [5.41, 5.74) is 2.47. The number of nitrogens with one attached hydrogen (secondary N) is 1. The molecule has 0 heterocycles. The Morgan fingerprint density at radius 1 is 1.12 bits per heavy atom. The van der Waals surface area contributed by atoms with Crippen molar-refractivity contribution in [1.29, 1.82) is 0 Å². The Bertz CT molecular complexity index is 628. The van der Waals surface area contributed by atoms with Crippen LogP contribution in [0.1, 0.15) is 24.0 Å². The Kier molecular flexibility index (Phi) is 7.35. The third-order valence-electron chi connectivity index (χ3n) is 4.00. The van der Waals surface area contributed by atoms with Crippen LogP contribution < -0.4 is 5.32 Å². The predicted octanol–water partition coefficient (Wildman–Crippen LogP) is 3.76. The lowest BCUT2D eigenvalue weighted by molar-refractivity contribution is -0.122. The molecule has 2 aromatic carbocycles. The predicted molar refractivity (Wildman–Crippen MR) is 102 cm³/mol. The summed E-state index contributed by atoms with van der Waals surface area (Å²) in [4.78, 5) is 15.4. The van der Waals surface area contributed by atoms with Crippen molar-refractivity contribution < 1.29 is 4.79 Å². The first kappa shape index (κ1) is 18.6. The Labute approximate surface area is 149 Å². The molecule has 0 saturated heterocycles. The van der Waals surface area contributed by atoms with Crippen LogP contribution in [0.15, 0.2) is 59.5 Å². The van der Waals surface area contributed by atoms with Gasteiger partial charge in [-0.1, -0.05) is 49.4 Å². The van der Waals surface area contributed by atoms with Crippen LogP contribution in [-0.4, -0.2) is 37.2 Å². The molecular weight excluding hydrogens is 316 g/mol. The van der Waals surface area contributed by atoms with Gasteiger partial charge in [0.05, 0.1) is 6.54 Å². The number of hydrogen-bond donors (Lipinski definition) is 1. The largest absolute Gasteiger partial charge is 0.354 e. The van der Waals surface area contributed by atoms with Crippen LogP contribution in [0, 0.1) is 0 Å². The second kappa shape index (κ2) is 9.50. The first-order valence-electron chi connectivity index (χ1n) is 8.21. The van der Waals surface area contributed by atoms with Gasteiger partial charge >= 0.3 is 0 Å². The van der Waals surface area contributed by atoms with Crippen LogP contribution in [0.2, 0.25) is 0 Å². The fraction of sp³-hybridized carbons (Fsp3) is 0.350. The lowest BCUT2D eigenvalue weighted by Gasteiger charge is -2.18. The zero-order valence-electron chi connectivity index (χ0n) is 14.7. The number of amides is 1. The molecule has 0 radical (unpaired) electrons. The third-order valence-corrected chi connectivity index (χ3v) is 4.74. The first-order valence-corrected chi connectivity index (χ1v) is 9.44. The minimum atomic E-state index is 0.0704. The average molecular weight is 343 g/mol. The summed E-state index contributed by atoms with van der Waals surface area (Å²) < 4.78 is 0. The minimum Gasteiger partial charge on any atom is -0.354 e. The molecular formula is C20H26N2OS. The molecule has 128 valence electrons. The van der Waals surface area contributed by atoms with E-state index < -0.39 is 0 Å². The van der Waals surface area contributed by atoms with Crippen LogP contribution in [0.25, 0.3) is 0 Å². The van der Waals surface area contributed by atoms with Crippen molar-refractivity contribution in [2.75, 3.05) is 26.4 Å². The Morgan fingerprint density at radius 3 is 2.42 bits per heavy atom. The van der Waals surface area contributed by atoms with E-state index in [-0.39, 0.29) is 5.91 Å². The van der Waals surface area contributed by atoms with E-state index in [1.54, 1.807) is 11.8 Å². The molecule has 2 aromatic rings. The standard InChI is InChI=1S/C20H26N2OS/c1-16(18-7-5-4-6-8-18)13-21-20(23)15-22(2)14-17-9-11-19(24-3)12-10-17/h4-12,16H,13-15H2,1-3H3,(H,21,23)/t16-/m1/s1. The van der Waals surface area contributed by atoms with E-state index in [0.29, 0.717) is 19.0 Å². The molecule has 24 heavy (non-hydrogen) atoms. The summed E-state index contributed by atoms with van der Waals surface area (Å²) in [6.45, 7) is 3.98. The quantitative estimate of drug-likeness (QED) is 0.741. The first-order chi connectivity index (χ1) is 11.6. The SMILES string of the molecule is CSc1ccc(CN(C)CC(=O)NC[C@@H](C)c2ccccc2)cc1. The third kappa shape index (κ3) is 6.02. The summed E-state index contributed by atoms with van der Waals surface area (Å²) >= 11 is 1.74. The molecule has 4 heteroatoms. The van der Waals surface area contributed by atoms with Gasteiger partial charge < -0.3 is 5.32 Å². The van der Waals surface area contributed by atoms with E-state index in [4.69, 9.17) is 0 Å².